The van der Waals surface area contributed by atoms with Gasteiger partial charge in [-0.05, 0) is 17.7 Å². The fourth-order valence-corrected chi connectivity index (χ4v) is 4.16. The van der Waals surface area contributed by atoms with Crippen LogP contribution in [-0.4, -0.2) is 89.8 Å². The number of benzene rings is 1. The van der Waals surface area contributed by atoms with Crippen LogP contribution in [0.1, 0.15) is 39.7 Å². The maximum Gasteiger partial charge on any atom is 0.366 e. The van der Waals surface area contributed by atoms with Gasteiger partial charge in [-0.3, -0.25) is 29.3 Å². The van der Waals surface area contributed by atoms with E-state index < -0.39 is 84.0 Å². The quantitative estimate of drug-likeness (QED) is 0.144. The Morgan fingerprint density at radius 2 is 1.73 bits per heavy atom. The van der Waals surface area contributed by atoms with Gasteiger partial charge in [-0.15, -0.1) is 0 Å². The normalized spacial score (nSPS) is 23.3. The van der Waals surface area contributed by atoms with Gasteiger partial charge in [-0.25, -0.2) is 4.79 Å². The van der Waals surface area contributed by atoms with Gasteiger partial charge in [0.15, 0.2) is 6.10 Å². The SMILES string of the molecule is COC(=O)[C@@]1(OCc2ccc([N+](=O)[O-])cc2)C[C@H](OC(C)=O)[C@@H](NC(C)=O)[C@H]([C@H](OC(C)=O)[C@H](O)COC(C)=O)O1. The van der Waals surface area contributed by atoms with Gasteiger partial charge in [-0.2, -0.15) is 0 Å². The topological polar surface area (TPSA) is 216 Å². The Labute approximate surface area is 234 Å². The first-order valence-electron chi connectivity index (χ1n) is 12.3. The molecule has 0 saturated carbocycles. The number of aliphatic hydroxyl groups excluding tert-OH is 1. The van der Waals surface area contributed by atoms with Crippen molar-refractivity contribution in [3.05, 3.63) is 39.9 Å². The zero-order valence-corrected chi connectivity index (χ0v) is 23.0. The van der Waals surface area contributed by atoms with Gasteiger partial charge in [0, 0.05) is 39.8 Å². The summed E-state index contributed by atoms with van der Waals surface area (Å²) in [5.74, 6) is -6.60. The van der Waals surface area contributed by atoms with Gasteiger partial charge in [0.25, 0.3) is 11.5 Å². The average molecular weight is 585 g/mol. The first kappa shape index (κ1) is 33.1. The van der Waals surface area contributed by atoms with Crippen LogP contribution in [0.15, 0.2) is 24.3 Å². The van der Waals surface area contributed by atoms with Gasteiger partial charge < -0.3 is 38.8 Å². The Morgan fingerprint density at radius 3 is 2.22 bits per heavy atom. The fraction of sp³-hybridized carbons (Fsp3) is 0.560. The number of methoxy groups -OCH3 is 1. The number of nitrogens with one attached hydrogen (secondary N) is 1. The predicted molar refractivity (Wildman–Crippen MR) is 133 cm³/mol. The molecule has 16 nitrogen and oxygen atoms in total. The molecule has 1 aliphatic rings. The molecule has 0 spiro atoms. The molecule has 226 valence electrons. The van der Waals surface area contributed by atoms with E-state index in [2.05, 4.69) is 5.32 Å². The third-order valence-corrected chi connectivity index (χ3v) is 5.82. The molecular weight excluding hydrogens is 552 g/mol. The number of ether oxygens (including phenoxy) is 6. The van der Waals surface area contributed by atoms with Crippen LogP contribution in [0, 0.1) is 10.1 Å². The number of non-ortho nitro benzene ring substituents is 1. The summed E-state index contributed by atoms with van der Waals surface area (Å²) < 4.78 is 32.3. The maximum absolute atomic E-state index is 13.2. The second-order valence-electron chi connectivity index (χ2n) is 9.06. The second kappa shape index (κ2) is 14.5. The smallest absolute Gasteiger partial charge is 0.366 e. The van der Waals surface area contributed by atoms with Crippen LogP contribution < -0.4 is 5.32 Å². The minimum absolute atomic E-state index is 0.190. The van der Waals surface area contributed by atoms with E-state index in [0.29, 0.717) is 5.56 Å². The van der Waals surface area contributed by atoms with Crippen LogP contribution in [0.4, 0.5) is 5.69 Å². The van der Waals surface area contributed by atoms with Crippen molar-refractivity contribution in [1.82, 2.24) is 5.32 Å². The summed E-state index contributed by atoms with van der Waals surface area (Å²) in [7, 11) is 1.03. The van der Waals surface area contributed by atoms with E-state index in [-0.39, 0.29) is 12.3 Å². The number of aliphatic hydroxyl groups is 1. The van der Waals surface area contributed by atoms with E-state index >= 15 is 0 Å². The average Bonchev–Trinajstić information content (AvgIpc) is 2.89. The standard InChI is InChI=1S/C25H32N2O14/c1-13(28)26-21-20(39-15(3)30)10-25(24(33)36-5,38-11-17-6-8-18(9-7-17)27(34)35)41-23(21)22(40-16(4)31)19(32)12-37-14(2)29/h6-9,19-23,32H,10-12H2,1-5H3,(H,26,28)/t19-,20+,21-,22-,23-,25-/m1/s1. The summed E-state index contributed by atoms with van der Waals surface area (Å²) in [4.78, 5) is 71.1. The van der Waals surface area contributed by atoms with Crippen molar-refractivity contribution < 1.29 is 62.4 Å². The molecule has 1 heterocycles. The predicted octanol–water partition coefficient (Wildman–Crippen LogP) is 0.0617. The van der Waals surface area contributed by atoms with E-state index in [4.69, 9.17) is 28.4 Å². The highest BCUT2D eigenvalue weighted by atomic mass is 16.7. The van der Waals surface area contributed by atoms with Crippen molar-refractivity contribution in [3.8, 4) is 0 Å². The van der Waals surface area contributed by atoms with Crippen molar-refractivity contribution >= 4 is 35.5 Å². The molecule has 1 aromatic rings. The Kier molecular flexibility index (Phi) is 11.7. The summed E-state index contributed by atoms with van der Waals surface area (Å²) in [5.41, 5.74) is 0.183. The van der Waals surface area contributed by atoms with Crippen molar-refractivity contribution in [1.29, 1.82) is 0 Å². The first-order valence-corrected chi connectivity index (χ1v) is 12.3. The summed E-state index contributed by atoms with van der Waals surface area (Å²) in [5, 5.41) is 24.4. The van der Waals surface area contributed by atoms with Crippen LogP contribution in [0.25, 0.3) is 0 Å². The molecule has 2 N–H and O–H groups in total. The summed E-state index contributed by atoms with van der Waals surface area (Å²) >= 11 is 0. The van der Waals surface area contributed by atoms with Crippen LogP contribution in [0.2, 0.25) is 0 Å². The molecule has 1 fully saturated rings. The Bertz CT molecular complexity index is 1140. The molecule has 0 unspecified atom stereocenters. The highest BCUT2D eigenvalue weighted by Crippen LogP contribution is 2.37. The summed E-state index contributed by atoms with van der Waals surface area (Å²) in [6.07, 6.45) is -6.97. The minimum atomic E-state index is -2.37. The van der Waals surface area contributed by atoms with Crippen molar-refractivity contribution in [2.75, 3.05) is 13.7 Å². The van der Waals surface area contributed by atoms with Crippen LogP contribution >= 0.6 is 0 Å². The number of rotatable bonds is 12. The number of hydrogen-bond donors (Lipinski definition) is 2. The minimum Gasteiger partial charge on any atom is -0.465 e. The molecule has 1 amide bonds. The zero-order valence-electron chi connectivity index (χ0n) is 23.0. The number of hydrogen-bond acceptors (Lipinski definition) is 14. The fourth-order valence-electron chi connectivity index (χ4n) is 4.16. The number of nitro groups is 1. The molecule has 0 bridgehead atoms. The van der Waals surface area contributed by atoms with Gasteiger partial charge in [0.2, 0.25) is 5.91 Å². The van der Waals surface area contributed by atoms with E-state index in [1.165, 1.54) is 24.3 Å². The molecule has 1 aliphatic heterocycles. The second-order valence-corrected chi connectivity index (χ2v) is 9.06. The Balaban J connectivity index is 2.60. The zero-order chi connectivity index (χ0) is 30.9. The number of esters is 4. The molecule has 41 heavy (non-hydrogen) atoms. The lowest BCUT2D eigenvalue weighted by Crippen LogP contribution is -2.69. The third-order valence-electron chi connectivity index (χ3n) is 5.82. The first-order chi connectivity index (χ1) is 19.2. The molecule has 1 aromatic carbocycles. The van der Waals surface area contributed by atoms with Gasteiger partial charge in [0.05, 0.1) is 31.1 Å². The van der Waals surface area contributed by atoms with Gasteiger partial charge in [-0.1, -0.05) is 0 Å². The molecule has 6 atom stereocenters. The van der Waals surface area contributed by atoms with E-state index in [0.717, 1.165) is 34.8 Å². The van der Waals surface area contributed by atoms with Crippen LogP contribution in [0.5, 0.6) is 0 Å². The molecule has 0 aromatic heterocycles. The monoisotopic (exact) mass is 584 g/mol. The van der Waals surface area contributed by atoms with Crippen molar-refractivity contribution in [2.45, 2.75) is 77.0 Å². The third kappa shape index (κ3) is 9.19. The van der Waals surface area contributed by atoms with E-state index in [9.17, 15) is 39.2 Å². The number of amides is 1. The van der Waals surface area contributed by atoms with Gasteiger partial charge in [0.1, 0.15) is 24.9 Å². The molecule has 1 saturated heterocycles. The maximum atomic E-state index is 13.2. The largest absolute Gasteiger partial charge is 0.465 e. The van der Waals surface area contributed by atoms with Crippen LogP contribution in [-0.2, 0) is 59.0 Å². The number of carbonyl (C=O) groups excluding carboxylic acids is 5. The number of nitro benzene ring substituents is 1. The van der Waals surface area contributed by atoms with E-state index in [1.807, 2.05) is 0 Å². The molecule has 2 rings (SSSR count). The molecular formula is C25H32N2O14. The number of carbonyl (C=O) groups is 5. The highest BCUT2D eigenvalue weighted by Gasteiger charge is 2.58. The Hall–Kier alpha value is -4.15. The highest BCUT2D eigenvalue weighted by molar-refractivity contribution is 5.79. The van der Waals surface area contributed by atoms with Crippen molar-refractivity contribution in [2.24, 2.45) is 0 Å². The molecule has 16 heteroatoms. The number of nitrogens with zero attached hydrogens (tertiary/aromatic N) is 1. The lowest BCUT2D eigenvalue weighted by atomic mass is 9.88. The molecule has 0 aliphatic carbocycles. The Morgan fingerprint density at radius 1 is 1.10 bits per heavy atom. The lowest BCUT2D eigenvalue weighted by Gasteiger charge is -2.48. The lowest BCUT2D eigenvalue weighted by molar-refractivity contribution is -0.384. The van der Waals surface area contributed by atoms with Gasteiger partial charge >= 0.3 is 23.9 Å². The van der Waals surface area contributed by atoms with Crippen molar-refractivity contribution in [3.63, 3.8) is 0 Å². The van der Waals surface area contributed by atoms with E-state index in [1.54, 1.807) is 0 Å². The summed E-state index contributed by atoms with van der Waals surface area (Å²) in [6.45, 7) is 3.27. The molecule has 0 radical (unpaired) electrons. The van der Waals surface area contributed by atoms with Crippen LogP contribution in [0.3, 0.4) is 0 Å². The summed E-state index contributed by atoms with van der Waals surface area (Å²) in [6, 6.07) is 3.86.